The van der Waals surface area contributed by atoms with E-state index in [-0.39, 0.29) is 6.54 Å². The van der Waals surface area contributed by atoms with E-state index >= 15 is 0 Å². The molecule has 0 spiro atoms. The molecule has 0 heterocycles. The molecule has 0 bridgehead atoms. The molecule has 0 aliphatic carbocycles. The van der Waals surface area contributed by atoms with Crippen molar-refractivity contribution in [3.05, 3.63) is 62.6 Å². The number of halogens is 3. The lowest BCUT2D eigenvalue weighted by atomic mass is 10.1. The third kappa shape index (κ3) is 4.03. The third-order valence-corrected chi connectivity index (χ3v) is 3.79. The van der Waals surface area contributed by atoms with Crippen LogP contribution in [0.4, 0.5) is 5.69 Å². The van der Waals surface area contributed by atoms with Crippen LogP contribution in [0.1, 0.15) is 17.2 Å². The summed E-state index contributed by atoms with van der Waals surface area (Å²) < 4.78 is 0. The molecule has 0 fully saturated rings. The molecule has 0 saturated carbocycles. The van der Waals surface area contributed by atoms with Crippen LogP contribution in [0.25, 0.3) is 0 Å². The summed E-state index contributed by atoms with van der Waals surface area (Å²) >= 11 is 18.0. The van der Waals surface area contributed by atoms with Crippen LogP contribution in [0.5, 0.6) is 0 Å². The minimum atomic E-state index is -0.831. The Morgan fingerprint density at radius 3 is 2.52 bits per heavy atom. The second-order valence-electron chi connectivity index (χ2n) is 4.37. The molecular weight excluding hydrogens is 331 g/mol. The van der Waals surface area contributed by atoms with E-state index in [1.165, 1.54) is 0 Å². The van der Waals surface area contributed by atoms with E-state index in [0.717, 1.165) is 0 Å². The normalized spacial score (nSPS) is 11.8. The van der Waals surface area contributed by atoms with Crippen LogP contribution in [0, 0.1) is 11.3 Å². The Morgan fingerprint density at radius 1 is 1.10 bits per heavy atom. The number of anilines is 1. The Morgan fingerprint density at radius 2 is 1.86 bits per heavy atom. The van der Waals surface area contributed by atoms with Gasteiger partial charge in [-0.05, 0) is 36.4 Å². The molecule has 2 N–H and O–H groups in total. The second-order valence-corrected chi connectivity index (χ2v) is 5.62. The predicted molar refractivity (Wildman–Crippen MR) is 86.1 cm³/mol. The molecule has 1 atom stereocenters. The fourth-order valence-corrected chi connectivity index (χ4v) is 2.49. The van der Waals surface area contributed by atoms with E-state index in [0.29, 0.717) is 31.9 Å². The van der Waals surface area contributed by atoms with Crippen LogP contribution in [0.2, 0.25) is 15.1 Å². The Kier molecular flexibility index (Phi) is 5.33. The van der Waals surface area contributed by atoms with E-state index in [1.54, 1.807) is 36.4 Å². The average Bonchev–Trinajstić information content (AvgIpc) is 2.48. The first-order valence-electron chi connectivity index (χ1n) is 6.08. The first-order chi connectivity index (χ1) is 10.0. The number of hydrogen-bond acceptors (Lipinski definition) is 3. The van der Waals surface area contributed by atoms with Gasteiger partial charge < -0.3 is 10.4 Å². The number of aliphatic hydroxyl groups is 1. The molecule has 2 aromatic carbocycles. The van der Waals surface area contributed by atoms with Crippen LogP contribution in [0.15, 0.2) is 36.4 Å². The lowest BCUT2D eigenvalue weighted by molar-refractivity contribution is 0.192. The second kappa shape index (κ2) is 7.02. The Hall–Kier alpha value is -1.44. The Balaban J connectivity index is 2.09. The molecule has 0 aliphatic rings. The maximum absolute atomic E-state index is 10.2. The van der Waals surface area contributed by atoms with Gasteiger partial charge in [-0.3, -0.25) is 0 Å². The molecule has 3 nitrogen and oxygen atoms in total. The topological polar surface area (TPSA) is 56.0 Å². The lowest BCUT2D eigenvalue weighted by Gasteiger charge is -2.15. The van der Waals surface area contributed by atoms with Gasteiger partial charge in [0.2, 0.25) is 0 Å². The SMILES string of the molecule is N#Cc1ccc(NCC(O)c2cc(Cl)ccc2Cl)c(Cl)c1. The van der Waals surface area contributed by atoms with E-state index in [1.807, 2.05) is 6.07 Å². The molecule has 0 saturated heterocycles. The van der Waals surface area contributed by atoms with Gasteiger partial charge in [0, 0.05) is 22.2 Å². The van der Waals surface area contributed by atoms with Gasteiger partial charge in [-0.2, -0.15) is 5.26 Å². The lowest BCUT2D eigenvalue weighted by Crippen LogP contribution is -2.12. The summed E-state index contributed by atoms with van der Waals surface area (Å²) in [5.74, 6) is 0. The van der Waals surface area contributed by atoms with Crippen molar-refractivity contribution in [1.29, 1.82) is 5.26 Å². The summed E-state index contributed by atoms with van der Waals surface area (Å²) in [5, 5.41) is 23.3. The molecule has 108 valence electrons. The number of benzene rings is 2. The van der Waals surface area contributed by atoms with E-state index in [4.69, 9.17) is 40.1 Å². The highest BCUT2D eigenvalue weighted by Gasteiger charge is 2.13. The van der Waals surface area contributed by atoms with Gasteiger partial charge >= 0.3 is 0 Å². The number of hydrogen-bond donors (Lipinski definition) is 2. The summed E-state index contributed by atoms with van der Waals surface area (Å²) in [7, 11) is 0. The molecule has 2 rings (SSSR count). The van der Waals surface area contributed by atoms with E-state index < -0.39 is 6.10 Å². The molecule has 0 aliphatic heterocycles. The van der Waals surface area contributed by atoms with Crippen molar-refractivity contribution in [2.45, 2.75) is 6.10 Å². The quantitative estimate of drug-likeness (QED) is 0.850. The van der Waals surface area contributed by atoms with E-state index in [2.05, 4.69) is 5.32 Å². The maximum atomic E-state index is 10.2. The number of nitrogens with one attached hydrogen (secondary N) is 1. The zero-order chi connectivity index (χ0) is 15.4. The van der Waals surface area contributed by atoms with Gasteiger partial charge in [-0.1, -0.05) is 34.8 Å². The number of aliphatic hydroxyl groups excluding tert-OH is 1. The van der Waals surface area contributed by atoms with Gasteiger partial charge in [0.1, 0.15) is 0 Å². The number of rotatable bonds is 4. The number of nitrogens with zero attached hydrogens (tertiary/aromatic N) is 1. The molecule has 0 radical (unpaired) electrons. The molecule has 0 amide bonds. The standard InChI is InChI=1S/C15H11Cl3N2O/c16-10-2-3-12(17)11(6-10)15(21)8-20-14-4-1-9(7-19)5-13(14)18/h1-6,15,20-21H,8H2. The van der Waals surface area contributed by atoms with E-state index in [9.17, 15) is 5.11 Å². The molecule has 2 aromatic rings. The largest absolute Gasteiger partial charge is 0.387 e. The van der Waals surface area contributed by atoms with Crippen LogP contribution >= 0.6 is 34.8 Å². The molecule has 6 heteroatoms. The summed E-state index contributed by atoms with van der Waals surface area (Å²) in [6, 6.07) is 11.8. The summed E-state index contributed by atoms with van der Waals surface area (Å²) in [6.07, 6.45) is -0.831. The zero-order valence-electron chi connectivity index (χ0n) is 10.8. The monoisotopic (exact) mass is 340 g/mol. The summed E-state index contributed by atoms with van der Waals surface area (Å²) in [6.45, 7) is 0.214. The minimum absolute atomic E-state index is 0.214. The highest BCUT2D eigenvalue weighted by Crippen LogP contribution is 2.28. The zero-order valence-corrected chi connectivity index (χ0v) is 13.0. The minimum Gasteiger partial charge on any atom is -0.387 e. The van der Waals surface area contributed by atoms with Crippen LogP contribution in [-0.4, -0.2) is 11.7 Å². The van der Waals surface area contributed by atoms with Crippen molar-refractivity contribution < 1.29 is 5.11 Å². The van der Waals surface area contributed by atoms with Gasteiger partial charge in [-0.15, -0.1) is 0 Å². The Labute approximate surface area is 137 Å². The van der Waals surface area contributed by atoms with Crippen molar-refractivity contribution in [2.75, 3.05) is 11.9 Å². The molecular formula is C15H11Cl3N2O. The smallest absolute Gasteiger partial charge is 0.0992 e. The van der Waals surface area contributed by atoms with Crippen molar-refractivity contribution in [2.24, 2.45) is 0 Å². The fraction of sp³-hybridized carbons (Fsp3) is 0.133. The van der Waals surface area contributed by atoms with Crippen LogP contribution in [-0.2, 0) is 0 Å². The fourth-order valence-electron chi connectivity index (χ4n) is 1.81. The molecule has 1 unspecified atom stereocenters. The number of nitriles is 1. The van der Waals surface area contributed by atoms with Crippen LogP contribution in [0.3, 0.4) is 0 Å². The first kappa shape index (κ1) is 15.9. The van der Waals surface area contributed by atoms with Crippen molar-refractivity contribution in [3.63, 3.8) is 0 Å². The van der Waals surface area contributed by atoms with Gasteiger partial charge in [0.25, 0.3) is 0 Å². The highest BCUT2D eigenvalue weighted by atomic mass is 35.5. The van der Waals surface area contributed by atoms with Crippen molar-refractivity contribution in [3.8, 4) is 6.07 Å². The summed E-state index contributed by atoms with van der Waals surface area (Å²) in [4.78, 5) is 0. The average molecular weight is 342 g/mol. The van der Waals surface area contributed by atoms with Gasteiger partial charge in [0.05, 0.1) is 28.4 Å². The van der Waals surface area contributed by atoms with Crippen molar-refractivity contribution in [1.82, 2.24) is 0 Å². The van der Waals surface area contributed by atoms with Crippen molar-refractivity contribution >= 4 is 40.5 Å². The predicted octanol–water partition coefficient (Wildman–Crippen LogP) is 4.66. The summed E-state index contributed by atoms with van der Waals surface area (Å²) in [5.41, 5.74) is 1.65. The van der Waals surface area contributed by atoms with Crippen LogP contribution < -0.4 is 5.32 Å². The maximum Gasteiger partial charge on any atom is 0.0992 e. The third-order valence-electron chi connectivity index (χ3n) is 2.90. The molecule has 21 heavy (non-hydrogen) atoms. The molecule has 0 aromatic heterocycles. The van der Waals surface area contributed by atoms with Gasteiger partial charge in [-0.25, -0.2) is 0 Å². The Bertz CT molecular complexity index is 698. The highest BCUT2D eigenvalue weighted by molar-refractivity contribution is 6.34. The first-order valence-corrected chi connectivity index (χ1v) is 7.21. The van der Waals surface area contributed by atoms with Gasteiger partial charge in [0.15, 0.2) is 0 Å².